The summed E-state index contributed by atoms with van der Waals surface area (Å²) in [4.78, 5) is 30.3. The van der Waals surface area contributed by atoms with Crippen LogP contribution in [0.1, 0.15) is 17.7 Å². The molecule has 122 valence electrons. The van der Waals surface area contributed by atoms with Gasteiger partial charge in [0.05, 0.1) is 11.3 Å². The summed E-state index contributed by atoms with van der Waals surface area (Å²) in [6.45, 7) is 1.63. The SMILES string of the molecule is O=C1C(c2cccs2)=C(N2CCCC2)C(=O)N1c1ccc(Cl)cc1. The summed E-state index contributed by atoms with van der Waals surface area (Å²) in [6.07, 6.45) is 2.09. The quantitative estimate of drug-likeness (QED) is 0.784. The summed E-state index contributed by atoms with van der Waals surface area (Å²) in [6, 6.07) is 10.6. The molecular formula is C18H15ClN2O2S. The highest BCUT2D eigenvalue weighted by Gasteiger charge is 2.43. The molecule has 0 unspecified atom stereocenters. The molecule has 4 nitrogen and oxygen atoms in total. The zero-order valence-electron chi connectivity index (χ0n) is 12.9. The zero-order chi connectivity index (χ0) is 16.7. The van der Waals surface area contributed by atoms with Crippen LogP contribution >= 0.6 is 22.9 Å². The van der Waals surface area contributed by atoms with Crippen molar-refractivity contribution in [3.8, 4) is 0 Å². The van der Waals surface area contributed by atoms with Crippen molar-refractivity contribution in [2.75, 3.05) is 18.0 Å². The topological polar surface area (TPSA) is 40.6 Å². The van der Waals surface area contributed by atoms with E-state index in [0.717, 1.165) is 30.8 Å². The molecule has 0 radical (unpaired) electrons. The highest BCUT2D eigenvalue weighted by molar-refractivity contribution is 7.11. The number of amides is 2. The first kappa shape index (κ1) is 15.4. The Labute approximate surface area is 148 Å². The monoisotopic (exact) mass is 358 g/mol. The van der Waals surface area contributed by atoms with Crippen molar-refractivity contribution in [3.05, 3.63) is 57.4 Å². The fraction of sp³-hybridized carbons (Fsp3) is 0.222. The molecule has 2 aliphatic heterocycles. The second kappa shape index (κ2) is 6.07. The Morgan fingerprint density at radius 3 is 2.29 bits per heavy atom. The Hall–Kier alpha value is -2.11. The van der Waals surface area contributed by atoms with Crippen LogP contribution in [0.25, 0.3) is 5.57 Å². The van der Waals surface area contributed by atoms with Crippen molar-refractivity contribution in [3.63, 3.8) is 0 Å². The molecule has 0 saturated carbocycles. The van der Waals surface area contributed by atoms with Gasteiger partial charge in [-0.05, 0) is 48.6 Å². The van der Waals surface area contributed by atoms with Crippen molar-refractivity contribution in [1.82, 2.24) is 4.90 Å². The van der Waals surface area contributed by atoms with Gasteiger partial charge in [-0.25, -0.2) is 4.90 Å². The lowest BCUT2D eigenvalue weighted by Gasteiger charge is -2.20. The number of carbonyl (C=O) groups excluding carboxylic acids is 2. The average Bonchev–Trinajstić information content (AvgIpc) is 3.30. The van der Waals surface area contributed by atoms with Crippen LogP contribution in [0.5, 0.6) is 0 Å². The molecule has 0 N–H and O–H groups in total. The summed E-state index contributed by atoms with van der Waals surface area (Å²) < 4.78 is 0. The summed E-state index contributed by atoms with van der Waals surface area (Å²) in [5, 5.41) is 2.50. The number of likely N-dealkylation sites (tertiary alicyclic amines) is 1. The maximum absolute atomic E-state index is 13.1. The van der Waals surface area contributed by atoms with Gasteiger partial charge in [0.1, 0.15) is 5.70 Å². The smallest absolute Gasteiger partial charge is 0.282 e. The minimum absolute atomic E-state index is 0.243. The lowest BCUT2D eigenvalue weighted by atomic mass is 10.2. The van der Waals surface area contributed by atoms with Crippen LogP contribution in [0.2, 0.25) is 5.02 Å². The van der Waals surface area contributed by atoms with Gasteiger partial charge < -0.3 is 4.90 Å². The lowest BCUT2D eigenvalue weighted by Crippen LogP contribution is -2.34. The fourth-order valence-electron chi connectivity index (χ4n) is 3.22. The number of hydrogen-bond acceptors (Lipinski definition) is 4. The van der Waals surface area contributed by atoms with Gasteiger partial charge in [0.2, 0.25) is 0 Å². The fourth-order valence-corrected chi connectivity index (χ4v) is 4.11. The molecule has 1 aromatic carbocycles. The third kappa shape index (κ3) is 2.44. The second-order valence-electron chi connectivity index (χ2n) is 5.82. The number of halogens is 1. The first-order valence-corrected chi connectivity index (χ1v) is 9.10. The van der Waals surface area contributed by atoms with Crippen molar-refractivity contribution in [1.29, 1.82) is 0 Å². The molecule has 4 rings (SSSR count). The first-order valence-electron chi connectivity index (χ1n) is 7.84. The van der Waals surface area contributed by atoms with Crippen molar-refractivity contribution >= 4 is 46.0 Å². The van der Waals surface area contributed by atoms with Gasteiger partial charge in [0, 0.05) is 23.0 Å². The van der Waals surface area contributed by atoms with Crippen LogP contribution in [0, 0.1) is 0 Å². The number of benzene rings is 1. The Morgan fingerprint density at radius 1 is 0.958 bits per heavy atom. The molecule has 1 saturated heterocycles. The van der Waals surface area contributed by atoms with Crippen molar-refractivity contribution in [2.45, 2.75) is 12.8 Å². The zero-order valence-corrected chi connectivity index (χ0v) is 14.4. The van der Waals surface area contributed by atoms with Gasteiger partial charge in [0.15, 0.2) is 0 Å². The molecule has 2 aliphatic rings. The minimum Gasteiger partial charge on any atom is -0.366 e. The average molecular weight is 359 g/mol. The van der Waals surface area contributed by atoms with Gasteiger partial charge >= 0.3 is 0 Å². The highest BCUT2D eigenvalue weighted by atomic mass is 35.5. The summed E-state index contributed by atoms with van der Waals surface area (Å²) in [5.41, 5.74) is 1.61. The molecular weight excluding hydrogens is 344 g/mol. The summed E-state index contributed by atoms with van der Waals surface area (Å²) >= 11 is 7.41. The maximum Gasteiger partial charge on any atom is 0.282 e. The predicted octanol–water partition coefficient (Wildman–Crippen LogP) is 3.78. The van der Waals surface area contributed by atoms with E-state index in [0.29, 0.717) is 22.0 Å². The number of rotatable bonds is 3. The van der Waals surface area contributed by atoms with Crippen molar-refractivity contribution in [2.24, 2.45) is 0 Å². The van der Waals surface area contributed by atoms with Crippen LogP contribution in [0.15, 0.2) is 47.5 Å². The van der Waals surface area contributed by atoms with E-state index in [4.69, 9.17) is 11.6 Å². The third-order valence-corrected chi connectivity index (χ3v) is 5.47. The molecule has 1 fully saturated rings. The van der Waals surface area contributed by atoms with Crippen LogP contribution in [0.4, 0.5) is 5.69 Å². The van der Waals surface area contributed by atoms with E-state index in [1.807, 2.05) is 22.4 Å². The summed E-state index contributed by atoms with van der Waals surface area (Å²) in [7, 11) is 0. The van der Waals surface area contributed by atoms with E-state index in [-0.39, 0.29) is 11.8 Å². The van der Waals surface area contributed by atoms with Crippen LogP contribution in [-0.2, 0) is 9.59 Å². The van der Waals surface area contributed by atoms with E-state index in [2.05, 4.69) is 0 Å². The van der Waals surface area contributed by atoms with Gasteiger partial charge in [0.25, 0.3) is 11.8 Å². The van der Waals surface area contributed by atoms with E-state index in [1.54, 1.807) is 24.3 Å². The Kier molecular flexibility index (Phi) is 3.90. The minimum atomic E-state index is -0.258. The normalized spacial score (nSPS) is 18.2. The molecule has 0 bridgehead atoms. The second-order valence-corrected chi connectivity index (χ2v) is 7.20. The molecule has 2 amide bonds. The number of thiophene rings is 1. The molecule has 24 heavy (non-hydrogen) atoms. The Bertz CT molecular complexity index is 821. The summed E-state index contributed by atoms with van der Waals surface area (Å²) in [5.74, 6) is -0.501. The largest absolute Gasteiger partial charge is 0.366 e. The third-order valence-electron chi connectivity index (χ3n) is 4.33. The molecule has 3 heterocycles. The van der Waals surface area contributed by atoms with Gasteiger partial charge in [-0.2, -0.15) is 0 Å². The number of carbonyl (C=O) groups is 2. The van der Waals surface area contributed by atoms with Crippen LogP contribution in [0.3, 0.4) is 0 Å². The van der Waals surface area contributed by atoms with Gasteiger partial charge in [-0.1, -0.05) is 17.7 Å². The van der Waals surface area contributed by atoms with Crippen molar-refractivity contribution < 1.29 is 9.59 Å². The van der Waals surface area contributed by atoms with E-state index < -0.39 is 0 Å². The van der Waals surface area contributed by atoms with E-state index in [9.17, 15) is 9.59 Å². The Morgan fingerprint density at radius 2 is 1.67 bits per heavy atom. The number of anilines is 1. The number of nitrogens with zero attached hydrogens (tertiary/aromatic N) is 2. The maximum atomic E-state index is 13.1. The van der Waals surface area contributed by atoms with Gasteiger partial charge in [-0.3, -0.25) is 9.59 Å². The highest BCUT2D eigenvalue weighted by Crippen LogP contribution is 2.37. The lowest BCUT2D eigenvalue weighted by molar-refractivity contribution is -0.120. The standard InChI is InChI=1S/C18H15ClN2O2S/c19-12-5-7-13(8-6-12)21-17(22)15(14-4-3-11-24-14)16(18(21)23)20-9-1-2-10-20/h3-8,11H,1-2,9-10H2. The molecule has 0 aliphatic carbocycles. The first-order chi connectivity index (χ1) is 11.7. The molecule has 0 atom stereocenters. The Balaban J connectivity index is 1.81. The van der Waals surface area contributed by atoms with Crippen LogP contribution < -0.4 is 4.90 Å². The molecule has 0 spiro atoms. The molecule has 6 heteroatoms. The molecule has 2 aromatic rings. The predicted molar refractivity (Wildman–Crippen MR) is 96.0 cm³/mol. The van der Waals surface area contributed by atoms with Crippen LogP contribution in [-0.4, -0.2) is 29.8 Å². The molecule has 1 aromatic heterocycles. The van der Waals surface area contributed by atoms with E-state index in [1.165, 1.54) is 16.2 Å². The number of imide groups is 1. The van der Waals surface area contributed by atoms with Gasteiger partial charge in [-0.15, -0.1) is 11.3 Å². The number of hydrogen-bond donors (Lipinski definition) is 0. The van der Waals surface area contributed by atoms with E-state index >= 15 is 0 Å².